The zero-order chi connectivity index (χ0) is 21.4. The second-order valence-corrected chi connectivity index (χ2v) is 9.25. The molecule has 2 aromatic rings. The van der Waals surface area contributed by atoms with Crippen LogP contribution < -0.4 is 21.0 Å². The van der Waals surface area contributed by atoms with Gasteiger partial charge in [-0.15, -0.1) is 12.4 Å². The van der Waals surface area contributed by atoms with Crippen LogP contribution in [0.2, 0.25) is 0 Å². The van der Waals surface area contributed by atoms with Gasteiger partial charge in [-0.3, -0.25) is 4.79 Å². The number of carbonyl (C=O) groups excluding carboxylic acids is 1. The Labute approximate surface area is 193 Å². The molecule has 0 bridgehead atoms. The lowest BCUT2D eigenvalue weighted by atomic mass is 9.77. The molecule has 1 spiro atoms. The smallest absolute Gasteiger partial charge is 0.339 e. The van der Waals surface area contributed by atoms with E-state index in [4.69, 9.17) is 13.9 Å². The van der Waals surface area contributed by atoms with E-state index in [1.165, 1.54) is 0 Å². The fraction of sp³-hybridized carbons (Fsp3) is 0.583. The van der Waals surface area contributed by atoms with Gasteiger partial charge in [0.25, 0.3) is 5.91 Å². The largest absolute Gasteiger partial charge is 0.483 e. The Morgan fingerprint density at radius 2 is 2.03 bits per heavy atom. The maximum absolute atomic E-state index is 12.3. The third-order valence-corrected chi connectivity index (χ3v) is 7.18. The molecule has 5 rings (SSSR count). The number of carbonyl (C=O) groups is 1. The summed E-state index contributed by atoms with van der Waals surface area (Å²) >= 11 is 0. The molecule has 1 aliphatic carbocycles. The molecule has 3 heterocycles. The molecule has 0 radical (unpaired) electrons. The molecule has 32 heavy (non-hydrogen) atoms. The van der Waals surface area contributed by atoms with Crippen LogP contribution in [0.3, 0.4) is 0 Å². The Kier molecular flexibility index (Phi) is 6.79. The van der Waals surface area contributed by atoms with E-state index in [0.717, 1.165) is 80.3 Å². The molecular weight excluding hydrogens is 432 g/mol. The summed E-state index contributed by atoms with van der Waals surface area (Å²) < 4.78 is 17.3. The number of nitrogens with one attached hydrogen (secondary N) is 2. The molecule has 2 N–H and O–H groups in total. The summed E-state index contributed by atoms with van der Waals surface area (Å²) in [6, 6.07) is 3.80. The van der Waals surface area contributed by atoms with Crippen LogP contribution in [0.25, 0.3) is 11.0 Å². The van der Waals surface area contributed by atoms with Crippen molar-refractivity contribution in [2.75, 3.05) is 32.8 Å². The van der Waals surface area contributed by atoms with Gasteiger partial charge in [-0.25, -0.2) is 4.79 Å². The predicted octanol–water partition coefficient (Wildman–Crippen LogP) is 2.67. The summed E-state index contributed by atoms with van der Waals surface area (Å²) in [6.45, 7) is 5.18. The van der Waals surface area contributed by atoms with Crippen LogP contribution in [0, 0.1) is 12.3 Å². The molecule has 2 aliphatic heterocycles. The van der Waals surface area contributed by atoms with Gasteiger partial charge in [0.05, 0.1) is 12.7 Å². The molecular formula is C24H31ClN2O5. The van der Waals surface area contributed by atoms with Gasteiger partial charge in [-0.1, -0.05) is 0 Å². The van der Waals surface area contributed by atoms with Crippen molar-refractivity contribution in [1.82, 2.24) is 10.6 Å². The van der Waals surface area contributed by atoms with Crippen molar-refractivity contribution in [3.8, 4) is 5.75 Å². The first-order valence-corrected chi connectivity index (χ1v) is 11.3. The molecule has 0 saturated carbocycles. The van der Waals surface area contributed by atoms with Crippen molar-refractivity contribution in [2.45, 2.75) is 51.6 Å². The molecule has 2 saturated heterocycles. The van der Waals surface area contributed by atoms with Crippen molar-refractivity contribution < 1.29 is 18.7 Å². The highest BCUT2D eigenvalue weighted by Crippen LogP contribution is 2.40. The quantitative estimate of drug-likeness (QED) is 0.664. The lowest BCUT2D eigenvalue weighted by molar-refractivity contribution is -0.123. The van der Waals surface area contributed by atoms with E-state index in [1.807, 2.05) is 19.1 Å². The van der Waals surface area contributed by atoms with E-state index in [-0.39, 0.29) is 42.1 Å². The third kappa shape index (κ3) is 4.38. The molecule has 1 amide bonds. The zero-order valence-electron chi connectivity index (χ0n) is 18.5. The summed E-state index contributed by atoms with van der Waals surface area (Å²) in [5.74, 6) is 0.388. The van der Waals surface area contributed by atoms with Crippen LogP contribution in [-0.4, -0.2) is 44.9 Å². The Morgan fingerprint density at radius 3 is 2.84 bits per heavy atom. The van der Waals surface area contributed by atoms with E-state index in [9.17, 15) is 9.59 Å². The third-order valence-electron chi connectivity index (χ3n) is 7.18. The number of rotatable bonds is 5. The number of amides is 1. The minimum absolute atomic E-state index is 0. The Balaban J connectivity index is 0.00000245. The van der Waals surface area contributed by atoms with Crippen molar-refractivity contribution in [3.05, 3.63) is 39.2 Å². The van der Waals surface area contributed by atoms with Crippen molar-refractivity contribution in [1.29, 1.82) is 0 Å². The van der Waals surface area contributed by atoms with Gasteiger partial charge in [0.15, 0.2) is 6.61 Å². The summed E-state index contributed by atoms with van der Waals surface area (Å²) in [4.78, 5) is 24.6. The van der Waals surface area contributed by atoms with Gasteiger partial charge < -0.3 is 24.5 Å². The highest BCUT2D eigenvalue weighted by atomic mass is 35.5. The first-order chi connectivity index (χ1) is 15.0. The number of piperidine rings is 1. The van der Waals surface area contributed by atoms with Gasteiger partial charge in [-0.05, 0) is 81.6 Å². The first kappa shape index (κ1) is 23.1. The Morgan fingerprint density at radius 1 is 1.25 bits per heavy atom. The van der Waals surface area contributed by atoms with Crippen LogP contribution in [0.5, 0.6) is 5.75 Å². The maximum Gasteiger partial charge on any atom is 0.339 e. The highest BCUT2D eigenvalue weighted by Gasteiger charge is 2.40. The van der Waals surface area contributed by atoms with Crippen LogP contribution in [0.4, 0.5) is 0 Å². The SMILES string of the molecule is Cc1c(OCC(=O)NCC2CC3(CCNCC3)CO2)ccc2c3c(c(=O)oc12)CCC3.Cl. The zero-order valence-corrected chi connectivity index (χ0v) is 19.3. The monoisotopic (exact) mass is 462 g/mol. The molecule has 1 atom stereocenters. The van der Waals surface area contributed by atoms with E-state index < -0.39 is 0 Å². The molecule has 7 nitrogen and oxygen atoms in total. The predicted molar refractivity (Wildman–Crippen MR) is 124 cm³/mol. The molecule has 3 aliphatic rings. The number of benzene rings is 1. The Bertz CT molecular complexity index is 1060. The summed E-state index contributed by atoms with van der Waals surface area (Å²) in [5, 5.41) is 7.32. The molecule has 1 aromatic heterocycles. The van der Waals surface area contributed by atoms with Gasteiger partial charge in [0, 0.05) is 23.1 Å². The van der Waals surface area contributed by atoms with Gasteiger partial charge in [0.2, 0.25) is 0 Å². The van der Waals surface area contributed by atoms with E-state index in [0.29, 0.717) is 17.9 Å². The van der Waals surface area contributed by atoms with E-state index >= 15 is 0 Å². The molecule has 2 fully saturated rings. The Hall–Kier alpha value is -2.09. The van der Waals surface area contributed by atoms with E-state index in [2.05, 4.69) is 10.6 Å². The fourth-order valence-electron chi connectivity index (χ4n) is 5.37. The number of aryl methyl sites for hydroxylation is 2. The summed E-state index contributed by atoms with van der Waals surface area (Å²) in [7, 11) is 0. The van der Waals surface area contributed by atoms with Crippen LogP contribution in [0.1, 0.15) is 42.4 Å². The first-order valence-electron chi connectivity index (χ1n) is 11.3. The maximum atomic E-state index is 12.3. The van der Waals surface area contributed by atoms with Crippen LogP contribution in [-0.2, 0) is 22.4 Å². The average molecular weight is 463 g/mol. The molecule has 1 aromatic carbocycles. The lowest BCUT2D eigenvalue weighted by Gasteiger charge is -2.32. The van der Waals surface area contributed by atoms with Gasteiger partial charge >= 0.3 is 5.63 Å². The van der Waals surface area contributed by atoms with Crippen molar-refractivity contribution in [2.24, 2.45) is 5.41 Å². The van der Waals surface area contributed by atoms with Crippen molar-refractivity contribution in [3.63, 3.8) is 0 Å². The number of halogens is 1. The van der Waals surface area contributed by atoms with Crippen molar-refractivity contribution >= 4 is 29.3 Å². The number of ether oxygens (including phenoxy) is 2. The van der Waals surface area contributed by atoms with Gasteiger partial charge in [0.1, 0.15) is 11.3 Å². The number of fused-ring (bicyclic) bond motifs is 3. The summed E-state index contributed by atoms with van der Waals surface area (Å²) in [6.07, 6.45) is 6.03. The lowest BCUT2D eigenvalue weighted by Crippen LogP contribution is -2.38. The standard InChI is InChI=1S/C24H30N2O5.ClH/c1-15-20(6-5-18-17-3-2-4-19(17)23(28)31-22(15)18)29-13-21(27)26-12-16-11-24(14-30-16)7-9-25-10-8-24;/h5-6,16,25H,2-4,7-14H2,1H3,(H,26,27);1H. The minimum Gasteiger partial charge on any atom is -0.483 e. The average Bonchev–Trinajstić information content (AvgIpc) is 3.41. The summed E-state index contributed by atoms with van der Waals surface area (Å²) in [5.41, 5.74) is 3.26. The minimum atomic E-state index is -0.249. The van der Waals surface area contributed by atoms with Crippen LogP contribution in [0.15, 0.2) is 21.3 Å². The fourth-order valence-corrected chi connectivity index (χ4v) is 5.37. The normalized spacial score (nSPS) is 21.3. The second kappa shape index (κ2) is 9.41. The number of hydrogen-bond donors (Lipinski definition) is 2. The highest BCUT2D eigenvalue weighted by molar-refractivity contribution is 5.86. The van der Waals surface area contributed by atoms with Gasteiger partial charge in [-0.2, -0.15) is 0 Å². The molecule has 8 heteroatoms. The second-order valence-electron chi connectivity index (χ2n) is 9.25. The molecule has 1 unspecified atom stereocenters. The topological polar surface area (TPSA) is 89.8 Å². The van der Waals surface area contributed by atoms with Crippen LogP contribution >= 0.6 is 12.4 Å². The van der Waals surface area contributed by atoms with E-state index in [1.54, 1.807) is 0 Å². The number of hydrogen-bond acceptors (Lipinski definition) is 6. The molecule has 174 valence electrons.